The highest BCUT2D eigenvalue weighted by atomic mass is 32.2. The molecule has 0 aliphatic rings. The third-order valence-corrected chi connectivity index (χ3v) is 3.66. The van der Waals surface area contributed by atoms with E-state index in [9.17, 15) is 4.79 Å². The molecule has 0 saturated heterocycles. The molecule has 102 valence electrons. The average molecular weight is 280 g/mol. The van der Waals surface area contributed by atoms with Crippen LogP contribution in [0.1, 0.15) is 24.6 Å². The van der Waals surface area contributed by atoms with Crippen LogP contribution in [-0.4, -0.2) is 38.8 Å². The van der Waals surface area contributed by atoms with Crippen molar-refractivity contribution >= 4 is 17.7 Å². The molecule has 0 saturated carbocycles. The van der Waals surface area contributed by atoms with Gasteiger partial charge in [0, 0.05) is 7.05 Å². The maximum atomic E-state index is 12.1. The van der Waals surface area contributed by atoms with Crippen molar-refractivity contribution in [1.29, 1.82) is 0 Å². The largest absolute Gasteiger partial charge is 0.467 e. The van der Waals surface area contributed by atoms with E-state index in [-0.39, 0.29) is 11.9 Å². The Balaban J connectivity index is 1.89. The predicted octanol–water partition coefficient (Wildman–Crippen LogP) is 2.02. The lowest BCUT2D eigenvalue weighted by molar-refractivity contribution is -0.129. The van der Waals surface area contributed by atoms with Gasteiger partial charge in [-0.25, -0.2) is 4.98 Å². The topological polar surface area (TPSA) is 75.0 Å². The molecule has 0 unspecified atom stereocenters. The minimum absolute atomic E-state index is 0.0105. The summed E-state index contributed by atoms with van der Waals surface area (Å²) in [4.78, 5) is 17.9. The number of carbonyl (C=O) groups excluding carboxylic acids is 1. The molecule has 0 aliphatic carbocycles. The van der Waals surface area contributed by atoms with Crippen LogP contribution in [0, 0.1) is 6.92 Å². The quantitative estimate of drug-likeness (QED) is 0.848. The molecule has 0 bridgehead atoms. The molecule has 2 aromatic rings. The number of amides is 1. The van der Waals surface area contributed by atoms with Gasteiger partial charge in [-0.1, -0.05) is 11.8 Å². The summed E-state index contributed by atoms with van der Waals surface area (Å²) in [5.41, 5.74) is 0. The molecule has 2 heterocycles. The third kappa shape index (κ3) is 3.37. The molecule has 0 aliphatic heterocycles. The zero-order chi connectivity index (χ0) is 13.8. The van der Waals surface area contributed by atoms with Crippen molar-refractivity contribution in [1.82, 2.24) is 20.1 Å². The van der Waals surface area contributed by atoms with Crippen molar-refractivity contribution in [3.63, 3.8) is 0 Å². The number of nitrogens with zero attached hydrogens (tertiary/aromatic N) is 3. The fourth-order valence-corrected chi connectivity index (χ4v) is 2.32. The van der Waals surface area contributed by atoms with Gasteiger partial charge in [0.2, 0.25) is 11.1 Å². The Labute approximate surface area is 115 Å². The van der Waals surface area contributed by atoms with Crippen LogP contribution in [0.4, 0.5) is 0 Å². The summed E-state index contributed by atoms with van der Waals surface area (Å²) < 4.78 is 5.30. The van der Waals surface area contributed by atoms with Crippen LogP contribution in [0.15, 0.2) is 28.0 Å². The zero-order valence-corrected chi connectivity index (χ0v) is 11.9. The Hall–Kier alpha value is -1.76. The van der Waals surface area contributed by atoms with Crippen LogP contribution in [-0.2, 0) is 4.79 Å². The second-order valence-corrected chi connectivity index (χ2v) is 5.13. The van der Waals surface area contributed by atoms with Gasteiger partial charge in [-0.05, 0) is 26.0 Å². The first-order valence-corrected chi connectivity index (χ1v) is 6.87. The minimum atomic E-state index is -0.0861. The minimum Gasteiger partial charge on any atom is -0.467 e. The molecule has 1 N–H and O–H groups in total. The Morgan fingerprint density at radius 2 is 2.42 bits per heavy atom. The molecule has 1 atom stereocenters. The summed E-state index contributed by atoms with van der Waals surface area (Å²) in [7, 11) is 1.76. The van der Waals surface area contributed by atoms with Gasteiger partial charge < -0.3 is 9.32 Å². The second kappa shape index (κ2) is 5.92. The SMILES string of the molecule is Cc1nc(SCC(=O)N(C)[C@@H](C)c2ccco2)n[nH]1. The smallest absolute Gasteiger partial charge is 0.233 e. The molecular weight excluding hydrogens is 264 g/mol. The first-order valence-electron chi connectivity index (χ1n) is 5.89. The van der Waals surface area contributed by atoms with Crippen molar-refractivity contribution in [2.75, 3.05) is 12.8 Å². The Kier molecular flexibility index (Phi) is 4.26. The molecule has 2 rings (SSSR count). The monoisotopic (exact) mass is 280 g/mol. The highest BCUT2D eigenvalue weighted by Crippen LogP contribution is 2.21. The number of rotatable bonds is 5. The fourth-order valence-electron chi connectivity index (χ4n) is 1.55. The molecule has 0 radical (unpaired) electrons. The summed E-state index contributed by atoms with van der Waals surface area (Å²) in [6, 6.07) is 3.59. The zero-order valence-electron chi connectivity index (χ0n) is 11.1. The van der Waals surface area contributed by atoms with Crippen LogP contribution in [0.2, 0.25) is 0 Å². The van der Waals surface area contributed by atoms with Crippen LogP contribution < -0.4 is 0 Å². The van der Waals surface area contributed by atoms with Gasteiger partial charge in [-0.3, -0.25) is 9.89 Å². The van der Waals surface area contributed by atoms with E-state index in [1.54, 1.807) is 18.2 Å². The van der Waals surface area contributed by atoms with Crippen LogP contribution in [0.5, 0.6) is 0 Å². The number of carbonyl (C=O) groups is 1. The summed E-state index contributed by atoms with van der Waals surface area (Å²) in [6.45, 7) is 3.75. The van der Waals surface area contributed by atoms with E-state index in [2.05, 4.69) is 15.2 Å². The number of hydrogen-bond donors (Lipinski definition) is 1. The van der Waals surface area contributed by atoms with Crippen molar-refractivity contribution in [2.24, 2.45) is 0 Å². The number of hydrogen-bond acceptors (Lipinski definition) is 5. The van der Waals surface area contributed by atoms with E-state index in [4.69, 9.17) is 4.42 Å². The van der Waals surface area contributed by atoms with E-state index in [0.29, 0.717) is 10.9 Å². The fraction of sp³-hybridized carbons (Fsp3) is 0.417. The first kappa shape index (κ1) is 13.7. The number of aryl methyl sites for hydroxylation is 1. The van der Waals surface area contributed by atoms with Gasteiger partial charge in [0.1, 0.15) is 11.6 Å². The predicted molar refractivity (Wildman–Crippen MR) is 71.7 cm³/mol. The van der Waals surface area contributed by atoms with Crippen LogP contribution in [0.3, 0.4) is 0 Å². The number of nitrogens with one attached hydrogen (secondary N) is 1. The van der Waals surface area contributed by atoms with Crippen molar-refractivity contribution in [3.8, 4) is 0 Å². The van der Waals surface area contributed by atoms with Gasteiger partial charge in [0.05, 0.1) is 18.1 Å². The molecule has 7 heteroatoms. The highest BCUT2D eigenvalue weighted by molar-refractivity contribution is 7.99. The number of aromatic amines is 1. The summed E-state index contributed by atoms with van der Waals surface area (Å²) >= 11 is 1.32. The number of H-pyrrole nitrogens is 1. The van der Waals surface area contributed by atoms with Gasteiger partial charge in [-0.2, -0.15) is 0 Å². The summed E-state index contributed by atoms with van der Waals surface area (Å²) in [5, 5.41) is 7.31. The summed E-state index contributed by atoms with van der Waals surface area (Å²) in [6.07, 6.45) is 1.61. The normalized spacial score (nSPS) is 12.4. The maximum absolute atomic E-state index is 12.1. The summed E-state index contributed by atoms with van der Waals surface area (Å²) in [5.74, 6) is 1.83. The van der Waals surface area contributed by atoms with E-state index >= 15 is 0 Å². The first-order chi connectivity index (χ1) is 9.08. The molecule has 0 aromatic carbocycles. The maximum Gasteiger partial charge on any atom is 0.233 e. The Bertz CT molecular complexity index is 538. The van der Waals surface area contributed by atoms with E-state index in [1.165, 1.54) is 11.8 Å². The lowest BCUT2D eigenvalue weighted by Crippen LogP contribution is -2.30. The highest BCUT2D eigenvalue weighted by Gasteiger charge is 2.19. The van der Waals surface area contributed by atoms with Gasteiger partial charge in [-0.15, -0.1) is 5.10 Å². The lowest BCUT2D eigenvalue weighted by Gasteiger charge is -2.22. The van der Waals surface area contributed by atoms with Gasteiger partial charge in [0.25, 0.3) is 0 Å². The van der Waals surface area contributed by atoms with Crippen molar-refractivity contribution in [2.45, 2.75) is 25.0 Å². The van der Waals surface area contributed by atoms with Crippen molar-refractivity contribution < 1.29 is 9.21 Å². The molecule has 0 fully saturated rings. The van der Waals surface area contributed by atoms with E-state index in [0.717, 1.165) is 11.6 Å². The second-order valence-electron chi connectivity index (χ2n) is 4.19. The Morgan fingerprint density at radius 1 is 1.63 bits per heavy atom. The lowest BCUT2D eigenvalue weighted by atomic mass is 10.2. The molecule has 19 heavy (non-hydrogen) atoms. The molecular formula is C12H16N4O2S. The number of aromatic nitrogens is 3. The molecule has 1 amide bonds. The molecule has 2 aromatic heterocycles. The molecule has 0 spiro atoms. The van der Waals surface area contributed by atoms with Crippen molar-refractivity contribution in [3.05, 3.63) is 30.0 Å². The van der Waals surface area contributed by atoms with E-state index < -0.39 is 0 Å². The average Bonchev–Trinajstić information content (AvgIpc) is 3.05. The van der Waals surface area contributed by atoms with Gasteiger partial charge >= 0.3 is 0 Å². The van der Waals surface area contributed by atoms with Crippen LogP contribution in [0.25, 0.3) is 0 Å². The third-order valence-electron chi connectivity index (χ3n) is 2.83. The molecule has 6 nitrogen and oxygen atoms in total. The number of thioether (sulfide) groups is 1. The Morgan fingerprint density at radius 3 is 3.00 bits per heavy atom. The standard InChI is InChI=1S/C12H16N4O2S/c1-8(10-5-4-6-18-10)16(3)11(17)7-19-12-13-9(2)14-15-12/h4-6,8H,7H2,1-3H3,(H,13,14,15)/t8-/m0/s1. The van der Waals surface area contributed by atoms with Crippen LogP contribution >= 0.6 is 11.8 Å². The van der Waals surface area contributed by atoms with Gasteiger partial charge in [0.15, 0.2) is 0 Å². The van der Waals surface area contributed by atoms with E-state index in [1.807, 2.05) is 26.0 Å². The number of furan rings is 1.